The van der Waals surface area contributed by atoms with E-state index in [0.29, 0.717) is 6.61 Å². The highest BCUT2D eigenvalue weighted by Crippen LogP contribution is 2.20. The smallest absolute Gasteiger partial charge is 0.117 e. The number of hydrogen-bond donors (Lipinski definition) is 1. The Labute approximate surface area is 112 Å². The van der Waals surface area contributed by atoms with Crippen LogP contribution in [-0.4, -0.2) is 11.7 Å². The average molecular weight is 301 g/mol. The van der Waals surface area contributed by atoms with Gasteiger partial charge in [0.25, 0.3) is 0 Å². The number of ether oxygens (including phenoxy) is 1. The molecule has 0 spiro atoms. The van der Waals surface area contributed by atoms with E-state index in [0.717, 1.165) is 23.1 Å². The standard InChI is InChI=1S/C14H21BrO2/c1-2-3-4-5-6-7-17-11-12-8-13(15)10-14(16)9-12/h8-10,16H,2-7,11H2,1H3. The summed E-state index contributed by atoms with van der Waals surface area (Å²) in [7, 11) is 0. The molecule has 0 fully saturated rings. The van der Waals surface area contributed by atoms with Gasteiger partial charge in [-0.15, -0.1) is 0 Å². The molecule has 3 heteroatoms. The van der Waals surface area contributed by atoms with E-state index in [4.69, 9.17) is 4.74 Å². The second-order valence-electron chi connectivity index (χ2n) is 4.28. The summed E-state index contributed by atoms with van der Waals surface area (Å²) in [5.41, 5.74) is 1.01. The fourth-order valence-corrected chi connectivity index (χ4v) is 2.24. The lowest BCUT2D eigenvalue weighted by molar-refractivity contribution is 0.116. The molecule has 0 aliphatic heterocycles. The first-order valence-corrected chi connectivity index (χ1v) is 7.08. The first-order chi connectivity index (χ1) is 8.22. The van der Waals surface area contributed by atoms with E-state index in [2.05, 4.69) is 22.9 Å². The van der Waals surface area contributed by atoms with Gasteiger partial charge >= 0.3 is 0 Å². The molecule has 1 N–H and O–H groups in total. The first-order valence-electron chi connectivity index (χ1n) is 6.28. The highest BCUT2D eigenvalue weighted by Gasteiger charge is 1.98. The molecule has 0 unspecified atom stereocenters. The van der Waals surface area contributed by atoms with Gasteiger partial charge in [0.1, 0.15) is 5.75 Å². The van der Waals surface area contributed by atoms with E-state index in [1.54, 1.807) is 12.1 Å². The van der Waals surface area contributed by atoms with Crippen LogP contribution in [0.1, 0.15) is 44.6 Å². The molecule has 0 saturated carbocycles. The maximum absolute atomic E-state index is 9.41. The molecule has 2 nitrogen and oxygen atoms in total. The Morgan fingerprint density at radius 1 is 1.12 bits per heavy atom. The number of halogens is 1. The number of aromatic hydroxyl groups is 1. The highest BCUT2D eigenvalue weighted by molar-refractivity contribution is 9.10. The van der Waals surface area contributed by atoms with Crippen LogP contribution in [0.25, 0.3) is 0 Å². The zero-order valence-electron chi connectivity index (χ0n) is 10.4. The van der Waals surface area contributed by atoms with Crippen LogP contribution in [0.15, 0.2) is 22.7 Å². The molecule has 1 aromatic carbocycles. The van der Waals surface area contributed by atoms with Crippen molar-refractivity contribution in [2.75, 3.05) is 6.61 Å². The van der Waals surface area contributed by atoms with Crippen molar-refractivity contribution >= 4 is 15.9 Å². The Hall–Kier alpha value is -0.540. The van der Waals surface area contributed by atoms with Crippen molar-refractivity contribution in [1.82, 2.24) is 0 Å². The van der Waals surface area contributed by atoms with Crippen LogP contribution < -0.4 is 0 Å². The van der Waals surface area contributed by atoms with Gasteiger partial charge < -0.3 is 9.84 Å². The van der Waals surface area contributed by atoms with E-state index >= 15 is 0 Å². The summed E-state index contributed by atoms with van der Waals surface area (Å²) in [5.74, 6) is 0.279. The molecule has 0 aromatic heterocycles. The Balaban J connectivity index is 2.13. The molecular weight excluding hydrogens is 280 g/mol. The summed E-state index contributed by atoms with van der Waals surface area (Å²) in [5, 5.41) is 9.41. The second kappa shape index (κ2) is 8.54. The third-order valence-electron chi connectivity index (χ3n) is 2.60. The number of phenolic OH excluding ortho intramolecular Hbond substituents is 1. The Kier molecular flexibility index (Phi) is 7.29. The Morgan fingerprint density at radius 3 is 2.59 bits per heavy atom. The number of unbranched alkanes of at least 4 members (excludes halogenated alkanes) is 4. The van der Waals surface area contributed by atoms with E-state index in [1.807, 2.05) is 6.07 Å². The number of benzene rings is 1. The summed E-state index contributed by atoms with van der Waals surface area (Å²) in [6.07, 6.45) is 6.27. The van der Waals surface area contributed by atoms with Crippen molar-refractivity contribution in [2.24, 2.45) is 0 Å². The molecule has 0 aliphatic carbocycles. The lowest BCUT2D eigenvalue weighted by Gasteiger charge is -2.05. The number of rotatable bonds is 8. The van der Waals surface area contributed by atoms with Gasteiger partial charge in [-0.1, -0.05) is 48.5 Å². The van der Waals surface area contributed by atoms with Crippen LogP contribution in [-0.2, 0) is 11.3 Å². The fourth-order valence-electron chi connectivity index (χ4n) is 1.71. The van der Waals surface area contributed by atoms with Crippen molar-refractivity contribution in [1.29, 1.82) is 0 Å². The second-order valence-corrected chi connectivity index (χ2v) is 5.20. The Bertz CT molecular complexity index is 306. The van der Waals surface area contributed by atoms with E-state index in [9.17, 15) is 5.11 Å². The monoisotopic (exact) mass is 300 g/mol. The summed E-state index contributed by atoms with van der Waals surface area (Å²) in [6, 6.07) is 5.38. The predicted octanol–water partition coefficient (Wildman–Crippen LogP) is 4.64. The molecular formula is C14H21BrO2. The summed E-state index contributed by atoms with van der Waals surface area (Å²) >= 11 is 3.35. The molecule has 0 amide bonds. The molecule has 0 aliphatic rings. The SMILES string of the molecule is CCCCCCCOCc1cc(O)cc(Br)c1. The third-order valence-corrected chi connectivity index (χ3v) is 3.06. The van der Waals surface area contributed by atoms with Crippen LogP contribution >= 0.6 is 15.9 Å². The van der Waals surface area contributed by atoms with Crippen LogP contribution in [0.4, 0.5) is 0 Å². The quantitative estimate of drug-likeness (QED) is 0.709. The Morgan fingerprint density at radius 2 is 1.88 bits per heavy atom. The van der Waals surface area contributed by atoms with E-state index < -0.39 is 0 Å². The minimum Gasteiger partial charge on any atom is -0.508 e. The minimum atomic E-state index is 0.279. The van der Waals surface area contributed by atoms with Crippen molar-refractivity contribution in [3.63, 3.8) is 0 Å². The van der Waals surface area contributed by atoms with Gasteiger partial charge in [0.05, 0.1) is 6.61 Å². The number of hydrogen-bond acceptors (Lipinski definition) is 2. The highest BCUT2D eigenvalue weighted by atomic mass is 79.9. The summed E-state index contributed by atoms with van der Waals surface area (Å²) in [4.78, 5) is 0. The van der Waals surface area contributed by atoms with Gasteiger partial charge in [0.2, 0.25) is 0 Å². The van der Waals surface area contributed by atoms with Crippen molar-refractivity contribution < 1.29 is 9.84 Å². The summed E-state index contributed by atoms with van der Waals surface area (Å²) < 4.78 is 6.47. The molecule has 0 radical (unpaired) electrons. The average Bonchev–Trinajstić information content (AvgIpc) is 2.26. The minimum absolute atomic E-state index is 0.279. The van der Waals surface area contributed by atoms with Crippen molar-refractivity contribution in [3.05, 3.63) is 28.2 Å². The van der Waals surface area contributed by atoms with Gasteiger partial charge in [0, 0.05) is 11.1 Å². The van der Waals surface area contributed by atoms with E-state index in [1.165, 1.54) is 25.7 Å². The third kappa shape index (κ3) is 6.69. The fraction of sp³-hybridized carbons (Fsp3) is 0.571. The molecule has 0 heterocycles. The molecule has 0 bridgehead atoms. The molecule has 96 valence electrons. The van der Waals surface area contributed by atoms with Gasteiger partial charge in [0.15, 0.2) is 0 Å². The maximum Gasteiger partial charge on any atom is 0.117 e. The van der Waals surface area contributed by atoms with Crippen LogP contribution in [0, 0.1) is 0 Å². The zero-order valence-corrected chi connectivity index (χ0v) is 12.0. The number of phenols is 1. The zero-order chi connectivity index (χ0) is 12.5. The maximum atomic E-state index is 9.41. The molecule has 1 rings (SSSR count). The van der Waals surface area contributed by atoms with Crippen molar-refractivity contribution in [2.45, 2.75) is 45.6 Å². The summed E-state index contributed by atoms with van der Waals surface area (Å²) in [6.45, 7) is 3.59. The lowest BCUT2D eigenvalue weighted by atomic mass is 10.2. The molecule has 0 atom stereocenters. The van der Waals surface area contributed by atoms with Gasteiger partial charge in [-0.3, -0.25) is 0 Å². The van der Waals surface area contributed by atoms with Crippen LogP contribution in [0.5, 0.6) is 5.75 Å². The lowest BCUT2D eigenvalue weighted by Crippen LogP contribution is -1.95. The van der Waals surface area contributed by atoms with Crippen LogP contribution in [0.3, 0.4) is 0 Å². The first kappa shape index (κ1) is 14.5. The van der Waals surface area contributed by atoms with Crippen LogP contribution in [0.2, 0.25) is 0 Å². The molecule has 0 saturated heterocycles. The van der Waals surface area contributed by atoms with Gasteiger partial charge in [-0.25, -0.2) is 0 Å². The normalized spacial score (nSPS) is 10.7. The molecule has 1 aromatic rings. The molecule has 17 heavy (non-hydrogen) atoms. The van der Waals surface area contributed by atoms with Gasteiger partial charge in [-0.2, -0.15) is 0 Å². The van der Waals surface area contributed by atoms with E-state index in [-0.39, 0.29) is 5.75 Å². The predicted molar refractivity (Wildman–Crippen MR) is 74.2 cm³/mol. The van der Waals surface area contributed by atoms with Gasteiger partial charge in [-0.05, 0) is 30.2 Å². The topological polar surface area (TPSA) is 29.5 Å². The van der Waals surface area contributed by atoms with Crippen molar-refractivity contribution in [3.8, 4) is 5.75 Å². The largest absolute Gasteiger partial charge is 0.508 e.